The maximum absolute atomic E-state index is 12.8. The molecule has 0 radical (unpaired) electrons. The Kier molecular flexibility index (Phi) is 2.81. The first-order valence-corrected chi connectivity index (χ1v) is 4.93. The molecule has 0 saturated carbocycles. The summed E-state index contributed by atoms with van der Waals surface area (Å²) in [4.78, 5) is 10.4. The fourth-order valence-corrected chi connectivity index (χ4v) is 1.34. The molecular weight excluding hydrogens is 205 g/mol. The fraction of sp³-hybridized carbons (Fsp3) is 0.167. The minimum absolute atomic E-state index is 0.257. The van der Waals surface area contributed by atoms with Crippen molar-refractivity contribution in [1.29, 1.82) is 0 Å². The molecule has 0 spiro atoms. The number of aromatic nitrogens is 2. The fourth-order valence-electron chi connectivity index (χ4n) is 1.34. The Labute approximate surface area is 93.6 Å². The molecule has 0 atom stereocenters. The molecule has 2 aromatic rings. The molecule has 0 aliphatic carbocycles. The van der Waals surface area contributed by atoms with Gasteiger partial charge in [-0.05, 0) is 30.3 Å². The van der Waals surface area contributed by atoms with Gasteiger partial charge in [-0.3, -0.25) is 0 Å². The first-order chi connectivity index (χ1) is 7.66. The number of rotatable bonds is 2. The molecule has 16 heavy (non-hydrogen) atoms. The van der Waals surface area contributed by atoms with Crippen LogP contribution in [-0.2, 0) is 0 Å². The molecule has 0 unspecified atom stereocenters. The molecule has 0 fully saturated rings. The first-order valence-electron chi connectivity index (χ1n) is 4.93. The molecule has 2 rings (SSSR count). The second-order valence-corrected chi connectivity index (χ2v) is 3.64. The van der Waals surface area contributed by atoms with Crippen molar-refractivity contribution in [3.8, 4) is 11.4 Å². The third-order valence-corrected chi connectivity index (χ3v) is 2.20. The minimum Gasteiger partial charge on any atom is -0.363 e. The van der Waals surface area contributed by atoms with Crippen LogP contribution in [0, 0.1) is 5.82 Å². The Hall–Kier alpha value is -1.97. The summed E-state index contributed by atoms with van der Waals surface area (Å²) in [5, 5.41) is 0. The van der Waals surface area contributed by atoms with Crippen LogP contribution in [0.1, 0.15) is 0 Å². The van der Waals surface area contributed by atoms with Gasteiger partial charge in [0.25, 0.3) is 0 Å². The van der Waals surface area contributed by atoms with Gasteiger partial charge in [0.15, 0.2) is 5.82 Å². The van der Waals surface area contributed by atoms with Gasteiger partial charge in [-0.2, -0.15) is 0 Å². The van der Waals surface area contributed by atoms with Crippen LogP contribution < -0.4 is 4.90 Å². The molecule has 1 heterocycles. The van der Waals surface area contributed by atoms with Crippen LogP contribution in [0.2, 0.25) is 0 Å². The van der Waals surface area contributed by atoms with Crippen LogP contribution in [0.4, 0.5) is 10.2 Å². The van der Waals surface area contributed by atoms with E-state index in [-0.39, 0.29) is 5.82 Å². The van der Waals surface area contributed by atoms with Crippen molar-refractivity contribution in [3.63, 3.8) is 0 Å². The number of hydrogen-bond acceptors (Lipinski definition) is 3. The van der Waals surface area contributed by atoms with E-state index in [9.17, 15) is 4.39 Å². The highest BCUT2D eigenvalue weighted by Crippen LogP contribution is 2.17. The van der Waals surface area contributed by atoms with Crippen molar-refractivity contribution in [2.75, 3.05) is 19.0 Å². The van der Waals surface area contributed by atoms with E-state index in [1.807, 2.05) is 25.1 Å². The number of halogens is 1. The van der Waals surface area contributed by atoms with Gasteiger partial charge in [0.1, 0.15) is 11.6 Å². The predicted octanol–water partition coefficient (Wildman–Crippen LogP) is 2.35. The average Bonchev–Trinajstić information content (AvgIpc) is 2.30. The summed E-state index contributed by atoms with van der Waals surface area (Å²) in [6.45, 7) is 0. The highest BCUT2D eigenvalue weighted by atomic mass is 19.1. The van der Waals surface area contributed by atoms with Gasteiger partial charge >= 0.3 is 0 Å². The van der Waals surface area contributed by atoms with Crippen molar-refractivity contribution >= 4 is 5.82 Å². The van der Waals surface area contributed by atoms with Crippen LogP contribution in [0.3, 0.4) is 0 Å². The standard InChI is InChI=1S/C12H12FN3/c1-16(2)11-7-8-14-12(15-11)9-3-5-10(13)6-4-9/h3-8H,1-2H3. The number of hydrogen-bond donors (Lipinski definition) is 0. The SMILES string of the molecule is CN(C)c1ccnc(-c2ccc(F)cc2)n1. The van der Waals surface area contributed by atoms with Crippen LogP contribution >= 0.6 is 0 Å². The van der Waals surface area contributed by atoms with E-state index in [0.717, 1.165) is 11.4 Å². The van der Waals surface area contributed by atoms with Gasteiger partial charge in [0.2, 0.25) is 0 Å². The molecule has 4 heteroatoms. The molecule has 0 amide bonds. The van der Waals surface area contributed by atoms with Crippen molar-refractivity contribution in [2.24, 2.45) is 0 Å². The van der Waals surface area contributed by atoms with Gasteiger partial charge in [-0.1, -0.05) is 0 Å². The molecule has 3 nitrogen and oxygen atoms in total. The molecule has 1 aromatic heterocycles. The third kappa shape index (κ3) is 2.16. The summed E-state index contributed by atoms with van der Waals surface area (Å²) in [6.07, 6.45) is 1.70. The molecule has 0 aliphatic heterocycles. The van der Waals surface area contributed by atoms with Crippen molar-refractivity contribution < 1.29 is 4.39 Å². The second kappa shape index (κ2) is 4.26. The van der Waals surface area contributed by atoms with Crippen LogP contribution in [0.5, 0.6) is 0 Å². The summed E-state index contributed by atoms with van der Waals surface area (Å²) >= 11 is 0. The number of benzene rings is 1. The van der Waals surface area contributed by atoms with E-state index in [0.29, 0.717) is 5.82 Å². The van der Waals surface area contributed by atoms with Gasteiger partial charge in [0, 0.05) is 25.9 Å². The maximum atomic E-state index is 12.8. The Morgan fingerprint density at radius 1 is 1.06 bits per heavy atom. The highest BCUT2D eigenvalue weighted by Gasteiger charge is 2.03. The maximum Gasteiger partial charge on any atom is 0.161 e. The summed E-state index contributed by atoms with van der Waals surface area (Å²) in [5.41, 5.74) is 0.810. The van der Waals surface area contributed by atoms with E-state index < -0.39 is 0 Å². The Balaban J connectivity index is 2.40. The summed E-state index contributed by atoms with van der Waals surface area (Å²) in [5.74, 6) is 1.17. The second-order valence-electron chi connectivity index (χ2n) is 3.64. The van der Waals surface area contributed by atoms with Crippen LogP contribution in [0.15, 0.2) is 36.5 Å². The third-order valence-electron chi connectivity index (χ3n) is 2.20. The normalized spacial score (nSPS) is 10.2. The zero-order valence-electron chi connectivity index (χ0n) is 9.18. The van der Waals surface area contributed by atoms with Gasteiger partial charge < -0.3 is 4.90 Å². The van der Waals surface area contributed by atoms with Crippen LogP contribution in [-0.4, -0.2) is 24.1 Å². The molecular formula is C12H12FN3. The van der Waals surface area contributed by atoms with E-state index in [2.05, 4.69) is 9.97 Å². The van der Waals surface area contributed by atoms with E-state index >= 15 is 0 Å². The molecule has 1 aromatic carbocycles. The Bertz CT molecular complexity index is 480. The zero-order chi connectivity index (χ0) is 11.5. The lowest BCUT2D eigenvalue weighted by atomic mass is 10.2. The van der Waals surface area contributed by atoms with Gasteiger partial charge in [-0.15, -0.1) is 0 Å². The number of anilines is 1. The van der Waals surface area contributed by atoms with E-state index in [1.165, 1.54) is 12.1 Å². The number of nitrogens with zero attached hydrogens (tertiary/aromatic N) is 3. The topological polar surface area (TPSA) is 29.0 Å². The first kappa shape index (κ1) is 10.5. The smallest absolute Gasteiger partial charge is 0.161 e. The summed E-state index contributed by atoms with van der Waals surface area (Å²) in [7, 11) is 3.83. The quantitative estimate of drug-likeness (QED) is 0.773. The Morgan fingerprint density at radius 3 is 2.38 bits per heavy atom. The summed E-state index contributed by atoms with van der Waals surface area (Å²) < 4.78 is 12.8. The lowest BCUT2D eigenvalue weighted by Gasteiger charge is -2.11. The van der Waals surface area contributed by atoms with Crippen molar-refractivity contribution in [1.82, 2.24) is 9.97 Å². The average molecular weight is 217 g/mol. The largest absolute Gasteiger partial charge is 0.363 e. The molecule has 82 valence electrons. The van der Waals surface area contributed by atoms with Crippen LogP contribution in [0.25, 0.3) is 11.4 Å². The van der Waals surface area contributed by atoms with Crippen molar-refractivity contribution in [2.45, 2.75) is 0 Å². The zero-order valence-corrected chi connectivity index (χ0v) is 9.18. The molecule has 0 aliphatic rings. The Morgan fingerprint density at radius 2 is 1.75 bits per heavy atom. The minimum atomic E-state index is -0.257. The molecule has 0 N–H and O–H groups in total. The van der Waals surface area contributed by atoms with Gasteiger partial charge in [-0.25, -0.2) is 14.4 Å². The molecule has 0 saturated heterocycles. The summed E-state index contributed by atoms with van der Waals surface area (Å²) in [6, 6.07) is 7.98. The lowest BCUT2D eigenvalue weighted by molar-refractivity contribution is 0.628. The van der Waals surface area contributed by atoms with E-state index in [4.69, 9.17) is 0 Å². The van der Waals surface area contributed by atoms with Crippen molar-refractivity contribution in [3.05, 3.63) is 42.3 Å². The predicted molar refractivity (Wildman–Crippen MR) is 61.8 cm³/mol. The van der Waals surface area contributed by atoms with Gasteiger partial charge in [0.05, 0.1) is 0 Å². The highest BCUT2D eigenvalue weighted by molar-refractivity contribution is 5.56. The lowest BCUT2D eigenvalue weighted by Crippen LogP contribution is -2.11. The molecule has 0 bridgehead atoms. The monoisotopic (exact) mass is 217 g/mol. The van der Waals surface area contributed by atoms with E-state index in [1.54, 1.807) is 18.3 Å².